The van der Waals surface area contributed by atoms with Crippen LogP contribution < -0.4 is 0 Å². The van der Waals surface area contributed by atoms with Crippen LogP contribution >= 0.6 is 11.6 Å². The molecule has 4 bridgehead atoms. The van der Waals surface area contributed by atoms with Gasteiger partial charge in [-0.15, -0.1) is 0 Å². The van der Waals surface area contributed by atoms with Gasteiger partial charge in [-0.1, -0.05) is 18.0 Å². The second-order valence-corrected chi connectivity index (χ2v) is 12.6. The molecular formula is C24H30ClNO5S. The molecule has 0 spiro atoms. The number of carbonyl (C=O) groups excluding carboxylic acids is 2. The van der Waals surface area contributed by atoms with E-state index in [-0.39, 0.29) is 33.3 Å². The molecule has 1 aromatic rings. The first kappa shape index (κ1) is 22.4. The highest BCUT2D eigenvalue weighted by molar-refractivity contribution is 7.89. The number of nitrogens with zero attached hydrogens (tertiary/aromatic N) is 1. The van der Waals surface area contributed by atoms with E-state index in [1.165, 1.54) is 41.8 Å². The van der Waals surface area contributed by atoms with Gasteiger partial charge in [-0.05, 0) is 87.3 Å². The Morgan fingerprint density at radius 2 is 1.59 bits per heavy atom. The van der Waals surface area contributed by atoms with Gasteiger partial charge in [-0.2, -0.15) is 4.31 Å². The fraction of sp³-hybridized carbons (Fsp3) is 0.667. The Morgan fingerprint density at radius 3 is 2.19 bits per heavy atom. The lowest BCUT2D eigenvalue weighted by molar-refractivity contribution is -0.147. The summed E-state index contributed by atoms with van der Waals surface area (Å²) in [6.07, 6.45) is 9.13. The van der Waals surface area contributed by atoms with Gasteiger partial charge in [0.25, 0.3) is 0 Å². The number of Topliss-reactive ketones (excluding diaryl/α,β-unsaturated/α-hetero) is 1. The predicted molar refractivity (Wildman–Crippen MR) is 120 cm³/mol. The molecule has 4 aliphatic carbocycles. The van der Waals surface area contributed by atoms with Crippen LogP contribution in [-0.2, 0) is 19.6 Å². The van der Waals surface area contributed by atoms with Crippen molar-refractivity contribution in [3.05, 3.63) is 28.8 Å². The minimum atomic E-state index is -3.70. The Hall–Kier alpha value is -1.44. The summed E-state index contributed by atoms with van der Waals surface area (Å²) in [5, 5.41) is 0.120. The molecule has 0 unspecified atom stereocenters. The van der Waals surface area contributed by atoms with Gasteiger partial charge in [0.1, 0.15) is 0 Å². The van der Waals surface area contributed by atoms with E-state index in [2.05, 4.69) is 0 Å². The second kappa shape index (κ2) is 8.41. The molecule has 6 nitrogen and oxygen atoms in total. The highest BCUT2D eigenvalue weighted by atomic mass is 35.5. The van der Waals surface area contributed by atoms with Crippen molar-refractivity contribution in [2.24, 2.45) is 23.2 Å². The third kappa shape index (κ3) is 4.01. The van der Waals surface area contributed by atoms with E-state index < -0.39 is 16.0 Å². The molecule has 5 aliphatic rings. The van der Waals surface area contributed by atoms with Gasteiger partial charge in [0.05, 0.1) is 15.5 Å². The molecule has 1 heterocycles. The van der Waals surface area contributed by atoms with Crippen molar-refractivity contribution < 1.29 is 22.7 Å². The highest BCUT2D eigenvalue weighted by Gasteiger charge is 2.54. The molecule has 1 aromatic carbocycles. The van der Waals surface area contributed by atoms with Crippen molar-refractivity contribution in [1.29, 1.82) is 0 Å². The van der Waals surface area contributed by atoms with Crippen LogP contribution in [0.4, 0.5) is 0 Å². The summed E-state index contributed by atoms with van der Waals surface area (Å²) in [7, 11) is -3.70. The van der Waals surface area contributed by atoms with Crippen molar-refractivity contribution in [2.45, 2.75) is 62.7 Å². The predicted octanol–water partition coefficient (Wildman–Crippen LogP) is 4.46. The summed E-state index contributed by atoms with van der Waals surface area (Å²) in [5.74, 6) is 1.16. The Labute approximate surface area is 194 Å². The molecule has 1 aliphatic heterocycles. The number of piperidine rings is 1. The minimum absolute atomic E-state index is 0.0111. The number of sulfonamides is 1. The first-order valence-electron chi connectivity index (χ1n) is 11.8. The Balaban J connectivity index is 1.28. The van der Waals surface area contributed by atoms with Crippen LogP contribution in [0.2, 0.25) is 5.02 Å². The van der Waals surface area contributed by atoms with Crippen molar-refractivity contribution in [2.75, 3.05) is 19.7 Å². The van der Waals surface area contributed by atoms with E-state index in [9.17, 15) is 18.0 Å². The van der Waals surface area contributed by atoms with Crippen LogP contribution in [0.25, 0.3) is 0 Å². The largest absolute Gasteiger partial charge is 0.454 e. The van der Waals surface area contributed by atoms with E-state index in [0.717, 1.165) is 38.5 Å². The van der Waals surface area contributed by atoms with Gasteiger partial charge < -0.3 is 4.74 Å². The molecule has 8 heteroatoms. The average Bonchev–Trinajstić information content (AvgIpc) is 2.77. The number of ketones is 1. The van der Waals surface area contributed by atoms with Crippen molar-refractivity contribution >= 4 is 33.4 Å². The first-order chi connectivity index (χ1) is 15.3. The Morgan fingerprint density at radius 1 is 1.00 bits per heavy atom. The number of rotatable bonds is 6. The molecule has 0 aromatic heterocycles. The third-order valence-electron chi connectivity index (χ3n) is 8.07. The summed E-state index contributed by atoms with van der Waals surface area (Å²) < 4.78 is 32.8. The van der Waals surface area contributed by atoms with Crippen LogP contribution in [0.1, 0.15) is 68.1 Å². The van der Waals surface area contributed by atoms with Crippen LogP contribution in [0.5, 0.6) is 0 Å². The van der Waals surface area contributed by atoms with Gasteiger partial charge in [0.2, 0.25) is 10.0 Å². The number of ether oxygens (including phenoxy) is 1. The molecule has 174 valence electrons. The zero-order chi connectivity index (χ0) is 22.5. The Bertz CT molecular complexity index is 996. The molecule has 1 saturated heterocycles. The van der Waals surface area contributed by atoms with Crippen LogP contribution in [0.15, 0.2) is 23.1 Å². The first-order valence-corrected chi connectivity index (χ1v) is 13.6. The molecule has 0 amide bonds. The lowest BCUT2D eigenvalue weighted by Gasteiger charge is -2.55. The normalized spacial score (nSPS) is 32.1. The number of esters is 1. The third-order valence-corrected chi connectivity index (χ3v) is 10.3. The molecule has 6 rings (SSSR count). The standard InChI is InChI=1S/C24H30ClNO5S/c25-21-5-4-19(32(29,30)26-6-2-1-3-7-26)11-20(21)23(28)31-15-22(27)24-12-16-8-17(13-24)10-18(9-16)14-24/h4-5,11,16-18H,1-3,6-10,12-15H2. The molecule has 0 radical (unpaired) electrons. The summed E-state index contributed by atoms with van der Waals surface area (Å²) in [5.41, 5.74) is -0.346. The Kier molecular flexibility index (Phi) is 5.87. The molecule has 0 atom stereocenters. The van der Waals surface area contributed by atoms with Crippen molar-refractivity contribution in [1.82, 2.24) is 4.31 Å². The topological polar surface area (TPSA) is 80.8 Å². The van der Waals surface area contributed by atoms with Crippen LogP contribution in [-0.4, -0.2) is 44.2 Å². The van der Waals surface area contributed by atoms with E-state index in [1.807, 2.05) is 0 Å². The fourth-order valence-corrected chi connectivity index (χ4v) is 8.63. The fourth-order valence-electron chi connectivity index (χ4n) is 6.89. The van der Waals surface area contributed by atoms with E-state index in [0.29, 0.717) is 30.8 Å². The number of benzene rings is 1. The van der Waals surface area contributed by atoms with Gasteiger partial charge in [-0.3, -0.25) is 4.79 Å². The number of carbonyl (C=O) groups is 2. The van der Waals surface area contributed by atoms with E-state index >= 15 is 0 Å². The molecule has 4 saturated carbocycles. The summed E-state index contributed by atoms with van der Waals surface area (Å²) in [4.78, 5) is 26.0. The monoisotopic (exact) mass is 479 g/mol. The zero-order valence-electron chi connectivity index (χ0n) is 18.2. The summed E-state index contributed by atoms with van der Waals surface area (Å²) in [6, 6.07) is 4.11. The second-order valence-electron chi connectivity index (χ2n) is 10.3. The molecule has 5 fully saturated rings. The maximum Gasteiger partial charge on any atom is 0.340 e. The van der Waals surface area contributed by atoms with Crippen molar-refractivity contribution in [3.63, 3.8) is 0 Å². The van der Waals surface area contributed by atoms with Gasteiger partial charge in [0.15, 0.2) is 12.4 Å². The number of hydrogen-bond donors (Lipinski definition) is 0. The highest BCUT2D eigenvalue weighted by Crippen LogP contribution is 2.60. The van der Waals surface area contributed by atoms with Crippen LogP contribution in [0, 0.1) is 23.2 Å². The van der Waals surface area contributed by atoms with Gasteiger partial charge in [-0.25, -0.2) is 13.2 Å². The minimum Gasteiger partial charge on any atom is -0.454 e. The quantitative estimate of drug-likeness (QED) is 0.563. The lowest BCUT2D eigenvalue weighted by atomic mass is 9.48. The van der Waals surface area contributed by atoms with Gasteiger partial charge >= 0.3 is 5.97 Å². The molecule has 32 heavy (non-hydrogen) atoms. The number of halogens is 1. The number of hydrogen-bond acceptors (Lipinski definition) is 5. The SMILES string of the molecule is O=C(OCC(=O)C12CC3CC(CC(C3)C1)C2)c1cc(S(=O)(=O)N2CCCCC2)ccc1Cl. The molecule has 0 N–H and O–H groups in total. The summed E-state index contributed by atoms with van der Waals surface area (Å²) >= 11 is 6.20. The van der Waals surface area contributed by atoms with Crippen LogP contribution in [0.3, 0.4) is 0 Å². The summed E-state index contributed by atoms with van der Waals surface area (Å²) in [6.45, 7) is 0.680. The average molecular weight is 480 g/mol. The van der Waals surface area contributed by atoms with Gasteiger partial charge in [0, 0.05) is 18.5 Å². The maximum absolute atomic E-state index is 13.1. The smallest absolute Gasteiger partial charge is 0.340 e. The molecular weight excluding hydrogens is 450 g/mol. The van der Waals surface area contributed by atoms with Crippen molar-refractivity contribution in [3.8, 4) is 0 Å². The van der Waals surface area contributed by atoms with E-state index in [1.54, 1.807) is 0 Å². The van der Waals surface area contributed by atoms with E-state index in [4.69, 9.17) is 16.3 Å². The zero-order valence-corrected chi connectivity index (χ0v) is 19.8. The maximum atomic E-state index is 13.1. The lowest BCUT2D eigenvalue weighted by Crippen LogP contribution is -2.51.